The quantitative estimate of drug-likeness (QED) is 0.827. The molecule has 0 saturated heterocycles. The van der Waals surface area contributed by atoms with Gasteiger partial charge in [-0.1, -0.05) is 13.8 Å². The van der Waals surface area contributed by atoms with Crippen LogP contribution in [0.2, 0.25) is 0 Å². The zero-order valence-corrected chi connectivity index (χ0v) is 15.5. The Hall–Kier alpha value is -1.59. The Balaban J connectivity index is 1.59. The van der Waals surface area contributed by atoms with Crippen LogP contribution in [0.5, 0.6) is 5.75 Å². The Bertz CT molecular complexity index is 608. The molecule has 3 N–H and O–H groups in total. The highest BCUT2D eigenvalue weighted by Crippen LogP contribution is 2.50. The van der Waals surface area contributed by atoms with Gasteiger partial charge in [-0.05, 0) is 56.9 Å². The maximum Gasteiger partial charge on any atom is 0.245 e. The highest BCUT2D eigenvalue weighted by atomic mass is 16.5. The SMILES string of the molecule is CCOC1CC(N)(C(=O)Nc2ccc(OC3CCCC3)cc2)C1(C)C. The largest absolute Gasteiger partial charge is 0.490 e. The lowest BCUT2D eigenvalue weighted by Crippen LogP contribution is -2.74. The predicted molar refractivity (Wildman–Crippen MR) is 98.7 cm³/mol. The number of anilines is 1. The van der Waals surface area contributed by atoms with Crippen molar-refractivity contribution in [3.05, 3.63) is 24.3 Å². The number of carbonyl (C=O) groups excluding carboxylic acids is 1. The number of hydrogen-bond acceptors (Lipinski definition) is 4. The van der Waals surface area contributed by atoms with Crippen molar-refractivity contribution in [1.82, 2.24) is 0 Å². The van der Waals surface area contributed by atoms with E-state index in [1.54, 1.807) is 0 Å². The van der Waals surface area contributed by atoms with Crippen molar-refractivity contribution in [2.75, 3.05) is 11.9 Å². The molecule has 0 radical (unpaired) electrons. The first-order chi connectivity index (χ1) is 11.9. The molecule has 0 aliphatic heterocycles. The predicted octanol–water partition coefficient (Wildman–Crippen LogP) is 3.48. The van der Waals surface area contributed by atoms with Crippen LogP contribution in [-0.2, 0) is 9.53 Å². The first-order valence-electron chi connectivity index (χ1n) is 9.35. The maximum atomic E-state index is 12.7. The number of ether oxygens (including phenoxy) is 2. The summed E-state index contributed by atoms with van der Waals surface area (Å²) in [5, 5.41) is 2.95. The number of benzene rings is 1. The van der Waals surface area contributed by atoms with Gasteiger partial charge in [-0.2, -0.15) is 0 Å². The summed E-state index contributed by atoms with van der Waals surface area (Å²) >= 11 is 0. The van der Waals surface area contributed by atoms with Crippen LogP contribution in [0.3, 0.4) is 0 Å². The fourth-order valence-corrected chi connectivity index (χ4v) is 3.88. The van der Waals surface area contributed by atoms with Gasteiger partial charge in [-0.3, -0.25) is 4.79 Å². The highest BCUT2D eigenvalue weighted by Gasteiger charge is 2.62. The molecule has 138 valence electrons. The lowest BCUT2D eigenvalue weighted by molar-refractivity contribution is -0.166. The van der Waals surface area contributed by atoms with E-state index >= 15 is 0 Å². The van der Waals surface area contributed by atoms with Crippen LogP contribution in [0.25, 0.3) is 0 Å². The summed E-state index contributed by atoms with van der Waals surface area (Å²) in [4.78, 5) is 12.7. The second kappa shape index (κ2) is 6.96. The fourth-order valence-electron chi connectivity index (χ4n) is 3.88. The van der Waals surface area contributed by atoms with Crippen LogP contribution in [0.1, 0.15) is 52.9 Å². The van der Waals surface area contributed by atoms with Crippen molar-refractivity contribution in [3.8, 4) is 5.75 Å². The van der Waals surface area contributed by atoms with E-state index in [0.29, 0.717) is 19.1 Å². The minimum atomic E-state index is -0.911. The summed E-state index contributed by atoms with van der Waals surface area (Å²) in [7, 11) is 0. The summed E-state index contributed by atoms with van der Waals surface area (Å²) in [6.07, 6.45) is 5.65. The Labute approximate surface area is 150 Å². The van der Waals surface area contributed by atoms with E-state index in [1.807, 2.05) is 45.0 Å². The number of hydrogen-bond donors (Lipinski definition) is 2. The van der Waals surface area contributed by atoms with Gasteiger partial charge < -0.3 is 20.5 Å². The number of nitrogens with two attached hydrogens (primary N) is 1. The second-order valence-corrected chi connectivity index (χ2v) is 7.84. The number of carbonyl (C=O) groups is 1. The van der Waals surface area contributed by atoms with Gasteiger partial charge in [0.1, 0.15) is 11.3 Å². The lowest BCUT2D eigenvalue weighted by atomic mass is 9.54. The van der Waals surface area contributed by atoms with Crippen LogP contribution >= 0.6 is 0 Å². The molecule has 2 unspecified atom stereocenters. The number of nitrogens with one attached hydrogen (secondary N) is 1. The first kappa shape index (κ1) is 18.2. The van der Waals surface area contributed by atoms with E-state index < -0.39 is 11.0 Å². The molecule has 0 aromatic heterocycles. The van der Waals surface area contributed by atoms with Gasteiger partial charge in [0.15, 0.2) is 0 Å². The van der Waals surface area contributed by atoms with E-state index in [9.17, 15) is 4.79 Å². The number of rotatable bonds is 6. The fraction of sp³-hybridized carbons (Fsp3) is 0.650. The Morgan fingerprint density at radius 2 is 1.88 bits per heavy atom. The van der Waals surface area contributed by atoms with Gasteiger partial charge >= 0.3 is 0 Å². The molecular formula is C20H30N2O3. The van der Waals surface area contributed by atoms with E-state index in [2.05, 4.69) is 5.32 Å². The zero-order valence-electron chi connectivity index (χ0n) is 15.5. The third-order valence-corrected chi connectivity index (χ3v) is 5.95. The summed E-state index contributed by atoms with van der Waals surface area (Å²) in [6, 6.07) is 7.56. The minimum Gasteiger partial charge on any atom is -0.490 e. The van der Waals surface area contributed by atoms with Crippen molar-refractivity contribution < 1.29 is 14.3 Å². The zero-order chi connectivity index (χ0) is 18.1. The normalized spacial score (nSPS) is 28.4. The summed E-state index contributed by atoms with van der Waals surface area (Å²) in [5.41, 5.74) is 5.85. The van der Waals surface area contributed by atoms with E-state index in [1.165, 1.54) is 12.8 Å². The second-order valence-electron chi connectivity index (χ2n) is 7.84. The molecule has 2 aliphatic carbocycles. The van der Waals surface area contributed by atoms with E-state index in [4.69, 9.17) is 15.2 Å². The van der Waals surface area contributed by atoms with Crippen molar-refractivity contribution in [2.24, 2.45) is 11.1 Å². The Kier molecular flexibility index (Phi) is 5.07. The van der Waals surface area contributed by atoms with Crippen LogP contribution in [0.4, 0.5) is 5.69 Å². The molecule has 0 spiro atoms. The molecule has 2 atom stereocenters. The molecule has 5 nitrogen and oxygen atoms in total. The summed E-state index contributed by atoms with van der Waals surface area (Å²) in [6.45, 7) is 6.58. The molecule has 2 fully saturated rings. The van der Waals surface area contributed by atoms with Gasteiger partial charge in [0.2, 0.25) is 5.91 Å². The summed E-state index contributed by atoms with van der Waals surface area (Å²) < 4.78 is 11.6. The third kappa shape index (κ3) is 3.40. The topological polar surface area (TPSA) is 73.6 Å². The van der Waals surface area contributed by atoms with Crippen molar-refractivity contribution in [3.63, 3.8) is 0 Å². The Morgan fingerprint density at radius 3 is 2.44 bits per heavy atom. The average molecular weight is 346 g/mol. The average Bonchev–Trinajstić information content (AvgIpc) is 3.09. The molecule has 2 saturated carbocycles. The number of amides is 1. The van der Waals surface area contributed by atoms with E-state index in [0.717, 1.165) is 24.3 Å². The monoisotopic (exact) mass is 346 g/mol. The van der Waals surface area contributed by atoms with Crippen LogP contribution in [-0.4, -0.2) is 30.3 Å². The molecule has 25 heavy (non-hydrogen) atoms. The van der Waals surface area contributed by atoms with Crippen molar-refractivity contribution in [2.45, 2.75) is 70.6 Å². The van der Waals surface area contributed by atoms with Gasteiger partial charge in [0, 0.05) is 24.1 Å². The van der Waals surface area contributed by atoms with Gasteiger partial charge in [-0.25, -0.2) is 0 Å². The lowest BCUT2D eigenvalue weighted by Gasteiger charge is -2.57. The Morgan fingerprint density at radius 1 is 1.24 bits per heavy atom. The molecule has 1 amide bonds. The maximum absolute atomic E-state index is 12.7. The third-order valence-electron chi connectivity index (χ3n) is 5.95. The minimum absolute atomic E-state index is 0.0236. The van der Waals surface area contributed by atoms with Gasteiger partial charge in [-0.15, -0.1) is 0 Å². The van der Waals surface area contributed by atoms with Crippen LogP contribution < -0.4 is 15.8 Å². The molecule has 0 bridgehead atoms. The smallest absolute Gasteiger partial charge is 0.245 e. The van der Waals surface area contributed by atoms with Crippen LogP contribution in [0, 0.1) is 5.41 Å². The standard InChI is InChI=1S/C20H30N2O3/c1-4-24-17-13-20(21,19(17,2)3)18(23)22-14-9-11-16(12-10-14)25-15-7-5-6-8-15/h9-12,15,17H,4-8,13,21H2,1-3H3,(H,22,23). The summed E-state index contributed by atoms with van der Waals surface area (Å²) in [5.74, 6) is 0.700. The molecule has 2 aliphatic rings. The highest BCUT2D eigenvalue weighted by molar-refractivity contribution is 5.99. The molecule has 1 aromatic rings. The van der Waals surface area contributed by atoms with Gasteiger partial charge in [0.05, 0.1) is 12.2 Å². The molecule has 3 rings (SSSR count). The van der Waals surface area contributed by atoms with Crippen molar-refractivity contribution >= 4 is 11.6 Å². The van der Waals surface area contributed by atoms with Crippen LogP contribution in [0.15, 0.2) is 24.3 Å². The molecule has 0 heterocycles. The van der Waals surface area contributed by atoms with Crippen molar-refractivity contribution in [1.29, 1.82) is 0 Å². The molecule has 5 heteroatoms. The molecular weight excluding hydrogens is 316 g/mol. The molecule has 1 aromatic carbocycles. The van der Waals surface area contributed by atoms with E-state index in [-0.39, 0.29) is 12.0 Å². The van der Waals surface area contributed by atoms with Gasteiger partial charge in [0.25, 0.3) is 0 Å². The first-order valence-corrected chi connectivity index (χ1v) is 9.35.